The molecule has 3 aromatic carbocycles. The number of benzene rings is 3. The number of hydrogen-bond donors (Lipinski definition) is 0. The minimum atomic E-state index is 0.200. The van der Waals surface area contributed by atoms with Crippen LogP contribution in [0.25, 0.3) is 5.57 Å². The Morgan fingerprint density at radius 2 is 1.76 bits per heavy atom. The molecule has 0 fully saturated rings. The summed E-state index contributed by atoms with van der Waals surface area (Å²) in [4.78, 5) is 5.42. The first-order valence-electron chi connectivity index (χ1n) is 13.0. The number of rotatable bonds is 1. The van der Waals surface area contributed by atoms with Gasteiger partial charge in [-0.2, -0.15) is 0 Å². The molecule has 7 rings (SSSR count). The number of nitrogens with zero attached hydrogens (tertiary/aromatic N) is 2. The average molecular weight is 466 g/mol. The highest BCUT2D eigenvalue weighted by molar-refractivity contribution is 7.99. The smallest absolute Gasteiger partial charge is 0.207 e. The molecule has 2 nitrogen and oxygen atoms in total. The first-order chi connectivity index (χ1) is 16.5. The van der Waals surface area contributed by atoms with Gasteiger partial charge < -0.3 is 4.90 Å². The summed E-state index contributed by atoms with van der Waals surface area (Å²) in [6.07, 6.45) is 6.19. The van der Waals surface area contributed by atoms with E-state index in [4.69, 9.17) is 0 Å². The Morgan fingerprint density at radius 1 is 0.971 bits per heavy atom. The van der Waals surface area contributed by atoms with E-state index in [1.54, 1.807) is 16.5 Å². The highest BCUT2D eigenvalue weighted by atomic mass is 32.2. The number of aryl methyl sites for hydroxylation is 1. The zero-order valence-corrected chi connectivity index (χ0v) is 21.4. The molecular weight excluding hydrogens is 432 g/mol. The van der Waals surface area contributed by atoms with Crippen molar-refractivity contribution in [2.24, 2.45) is 0 Å². The van der Waals surface area contributed by atoms with Gasteiger partial charge in [-0.15, -0.1) is 0 Å². The van der Waals surface area contributed by atoms with Crippen LogP contribution in [-0.2, 0) is 18.3 Å². The molecule has 4 heterocycles. The van der Waals surface area contributed by atoms with Crippen LogP contribution >= 0.6 is 11.8 Å². The molecule has 0 radical (unpaired) electrons. The molecule has 34 heavy (non-hydrogen) atoms. The molecule has 3 heteroatoms. The van der Waals surface area contributed by atoms with Gasteiger partial charge in [0.2, 0.25) is 5.36 Å². The van der Waals surface area contributed by atoms with Gasteiger partial charge in [0, 0.05) is 53.0 Å². The first kappa shape index (κ1) is 20.8. The molecule has 0 bridgehead atoms. The van der Waals surface area contributed by atoms with E-state index in [0.29, 0.717) is 0 Å². The van der Waals surface area contributed by atoms with E-state index < -0.39 is 0 Å². The van der Waals surface area contributed by atoms with E-state index in [0.717, 1.165) is 6.54 Å². The number of anilines is 1. The van der Waals surface area contributed by atoms with Crippen molar-refractivity contribution in [2.45, 2.75) is 61.2 Å². The quantitative estimate of drug-likeness (QED) is 0.369. The minimum absolute atomic E-state index is 0.200. The van der Waals surface area contributed by atoms with Crippen molar-refractivity contribution >= 4 is 23.0 Å². The van der Waals surface area contributed by atoms with Crippen molar-refractivity contribution < 1.29 is 0 Å². The summed E-state index contributed by atoms with van der Waals surface area (Å²) in [6.45, 7) is 8.42. The van der Waals surface area contributed by atoms with Crippen LogP contribution in [0, 0.1) is 0 Å². The standard InChI is InChI=1S/C31H33N2S/c1-31(2)13-16-32(3)26-19-27-23(18-25(26)31)28(20-9-5-4-6-10-20)24-17-21-11-7-14-33-15-8-12-22(29(21)33)30(24)34-27/h4-6,9-10,17-19H,7-8,11-16H2,1-3H3/q+1. The molecule has 0 saturated heterocycles. The van der Waals surface area contributed by atoms with E-state index in [9.17, 15) is 0 Å². The van der Waals surface area contributed by atoms with Crippen molar-refractivity contribution in [3.05, 3.63) is 86.9 Å². The molecule has 4 aliphatic heterocycles. The van der Waals surface area contributed by atoms with Gasteiger partial charge in [0.05, 0.1) is 0 Å². The van der Waals surface area contributed by atoms with E-state index in [2.05, 4.69) is 78.9 Å². The number of fused-ring (bicyclic) bond motifs is 4. The van der Waals surface area contributed by atoms with Gasteiger partial charge in [0.15, 0.2) is 0 Å². The molecule has 0 N–H and O–H groups in total. The highest BCUT2D eigenvalue weighted by Crippen LogP contribution is 2.47. The lowest BCUT2D eigenvalue weighted by Gasteiger charge is -2.40. The maximum Gasteiger partial charge on any atom is 0.207 e. The van der Waals surface area contributed by atoms with Crippen molar-refractivity contribution in [3.63, 3.8) is 0 Å². The van der Waals surface area contributed by atoms with Gasteiger partial charge in [-0.25, -0.2) is 4.58 Å². The van der Waals surface area contributed by atoms with Crippen molar-refractivity contribution in [1.82, 2.24) is 4.58 Å². The molecule has 0 spiro atoms. The zero-order chi connectivity index (χ0) is 23.0. The molecule has 4 aliphatic rings. The Bertz CT molecular complexity index is 1460. The van der Waals surface area contributed by atoms with Gasteiger partial charge >= 0.3 is 0 Å². The second-order valence-electron chi connectivity index (χ2n) is 11.2. The molecule has 0 atom stereocenters. The largest absolute Gasteiger partial charge is 0.374 e. The van der Waals surface area contributed by atoms with Crippen LogP contribution in [-0.4, -0.2) is 26.7 Å². The second kappa shape index (κ2) is 7.49. The summed E-state index contributed by atoms with van der Waals surface area (Å²) in [6, 6.07) is 18.8. The van der Waals surface area contributed by atoms with Gasteiger partial charge in [-0.1, -0.05) is 55.9 Å². The van der Waals surface area contributed by atoms with Crippen LogP contribution in [0.3, 0.4) is 0 Å². The Labute approximate surface area is 207 Å². The minimum Gasteiger partial charge on any atom is -0.374 e. The predicted octanol–water partition coefficient (Wildman–Crippen LogP) is 4.90. The van der Waals surface area contributed by atoms with Crippen LogP contribution in [0.4, 0.5) is 5.69 Å². The van der Waals surface area contributed by atoms with Crippen LogP contribution in [0.15, 0.2) is 58.3 Å². The maximum absolute atomic E-state index is 2.68. The topological polar surface area (TPSA) is 6.25 Å². The van der Waals surface area contributed by atoms with Crippen LogP contribution in [0.5, 0.6) is 0 Å². The van der Waals surface area contributed by atoms with Crippen molar-refractivity contribution in [2.75, 3.05) is 31.6 Å². The lowest BCUT2D eigenvalue weighted by Crippen LogP contribution is -2.45. The zero-order valence-electron chi connectivity index (χ0n) is 20.6. The van der Waals surface area contributed by atoms with E-state index >= 15 is 0 Å². The Balaban J connectivity index is 1.62. The molecule has 0 aromatic heterocycles. The van der Waals surface area contributed by atoms with Crippen LogP contribution in [0.2, 0.25) is 0 Å². The fraction of sp³-hybridized carbons (Fsp3) is 0.387. The van der Waals surface area contributed by atoms with Crippen molar-refractivity contribution in [3.8, 4) is 0 Å². The summed E-state index contributed by atoms with van der Waals surface area (Å²) in [5.74, 6) is 0. The third-order valence-corrected chi connectivity index (χ3v) is 9.82. The lowest BCUT2D eigenvalue weighted by molar-refractivity contribution is 0.461. The fourth-order valence-electron chi connectivity index (χ4n) is 6.71. The maximum atomic E-state index is 2.68. The monoisotopic (exact) mass is 465 g/mol. The molecule has 0 unspecified atom stereocenters. The lowest BCUT2D eigenvalue weighted by atomic mass is 9.76. The van der Waals surface area contributed by atoms with Crippen LogP contribution in [0.1, 0.15) is 60.9 Å². The molecular formula is C31H33N2S+. The van der Waals surface area contributed by atoms with Crippen molar-refractivity contribution in [1.29, 1.82) is 0 Å². The van der Waals surface area contributed by atoms with E-state index in [1.165, 1.54) is 88.2 Å². The van der Waals surface area contributed by atoms with E-state index in [1.807, 2.05) is 11.8 Å². The third kappa shape index (κ3) is 2.99. The van der Waals surface area contributed by atoms with Gasteiger partial charge in [0.25, 0.3) is 0 Å². The molecule has 3 aromatic rings. The molecule has 0 amide bonds. The van der Waals surface area contributed by atoms with Gasteiger partial charge in [-0.3, -0.25) is 0 Å². The predicted molar refractivity (Wildman–Crippen MR) is 143 cm³/mol. The Kier molecular flexibility index (Phi) is 4.58. The average Bonchev–Trinajstić information content (AvgIpc) is 2.85. The first-order valence-corrected chi connectivity index (χ1v) is 13.8. The Morgan fingerprint density at radius 3 is 2.59 bits per heavy atom. The van der Waals surface area contributed by atoms with Gasteiger partial charge in [0.1, 0.15) is 13.1 Å². The summed E-state index contributed by atoms with van der Waals surface area (Å²) in [5.41, 5.74) is 10.5. The van der Waals surface area contributed by atoms with Gasteiger partial charge in [-0.05, 0) is 70.4 Å². The van der Waals surface area contributed by atoms with E-state index in [-0.39, 0.29) is 5.41 Å². The normalized spacial score (nSPS) is 19.8. The highest BCUT2D eigenvalue weighted by Gasteiger charge is 2.34. The summed E-state index contributed by atoms with van der Waals surface area (Å²) >= 11 is 2.04. The third-order valence-electron chi connectivity index (χ3n) is 8.60. The second-order valence-corrected chi connectivity index (χ2v) is 12.2. The molecule has 172 valence electrons. The van der Waals surface area contributed by atoms with Crippen LogP contribution < -0.4 is 20.1 Å². The summed E-state index contributed by atoms with van der Waals surface area (Å²) in [5, 5.41) is 3.05. The molecule has 0 saturated carbocycles. The molecule has 0 aliphatic carbocycles. The Hall–Kier alpha value is -2.52. The SMILES string of the molecule is CN1CCC(C)(C)c2cc3c(cc21)Sc1c2c4c(cc1=C3c1ccccc1)CCC[N+]=4CCC2. The number of hydrogen-bond acceptors (Lipinski definition) is 2. The fourth-order valence-corrected chi connectivity index (χ4v) is 7.97. The summed E-state index contributed by atoms with van der Waals surface area (Å²) < 4.78 is 2.68. The summed E-state index contributed by atoms with van der Waals surface area (Å²) in [7, 11) is 2.27.